The molecule has 2 aromatic rings. The third-order valence-electron chi connectivity index (χ3n) is 2.65. The van der Waals surface area contributed by atoms with Gasteiger partial charge in [0.25, 0.3) is 0 Å². The van der Waals surface area contributed by atoms with Crippen LogP contribution in [0.2, 0.25) is 0 Å². The molecular formula is C15H15BrO2S. The smallest absolute Gasteiger partial charge is 0.172 e. The van der Waals surface area contributed by atoms with E-state index in [1.807, 2.05) is 41.8 Å². The average Bonchev–Trinajstić information content (AvgIpc) is 2.92. The number of hydrogen-bond donors (Lipinski definition) is 0. The van der Waals surface area contributed by atoms with Crippen LogP contribution in [-0.2, 0) is 11.3 Å². The van der Waals surface area contributed by atoms with Gasteiger partial charge in [-0.2, -0.15) is 0 Å². The van der Waals surface area contributed by atoms with Crippen molar-refractivity contribution in [2.45, 2.75) is 19.4 Å². The SMILES string of the molecule is O=C(CCCOCc1cccc(Br)c1)c1cccs1. The van der Waals surface area contributed by atoms with Crippen LogP contribution in [-0.4, -0.2) is 12.4 Å². The molecule has 0 spiro atoms. The minimum atomic E-state index is 0.209. The normalized spacial score (nSPS) is 10.6. The van der Waals surface area contributed by atoms with Gasteiger partial charge in [0.1, 0.15) is 0 Å². The molecule has 0 aliphatic rings. The van der Waals surface area contributed by atoms with Crippen molar-refractivity contribution in [1.82, 2.24) is 0 Å². The van der Waals surface area contributed by atoms with Gasteiger partial charge in [-0.3, -0.25) is 4.79 Å². The molecule has 0 N–H and O–H groups in total. The molecule has 0 aliphatic carbocycles. The summed E-state index contributed by atoms with van der Waals surface area (Å²) in [5.74, 6) is 0.209. The van der Waals surface area contributed by atoms with Crippen molar-refractivity contribution in [2.75, 3.05) is 6.61 Å². The summed E-state index contributed by atoms with van der Waals surface area (Å²) < 4.78 is 6.63. The van der Waals surface area contributed by atoms with Crippen LogP contribution in [0.1, 0.15) is 28.1 Å². The predicted molar refractivity (Wildman–Crippen MR) is 81.7 cm³/mol. The summed E-state index contributed by atoms with van der Waals surface area (Å²) >= 11 is 4.92. The van der Waals surface area contributed by atoms with Gasteiger partial charge in [0.15, 0.2) is 5.78 Å². The first-order valence-electron chi connectivity index (χ1n) is 6.14. The van der Waals surface area contributed by atoms with Crippen LogP contribution >= 0.6 is 27.3 Å². The van der Waals surface area contributed by atoms with Crippen molar-refractivity contribution < 1.29 is 9.53 Å². The van der Waals surface area contributed by atoms with E-state index in [2.05, 4.69) is 15.9 Å². The fourth-order valence-corrected chi connectivity index (χ4v) is 2.85. The molecule has 0 unspecified atom stereocenters. The fraction of sp³-hybridized carbons (Fsp3) is 0.267. The number of thiophene rings is 1. The van der Waals surface area contributed by atoms with Gasteiger partial charge >= 0.3 is 0 Å². The lowest BCUT2D eigenvalue weighted by Gasteiger charge is -2.04. The zero-order chi connectivity index (χ0) is 13.5. The number of hydrogen-bond acceptors (Lipinski definition) is 3. The molecule has 1 heterocycles. The van der Waals surface area contributed by atoms with Crippen LogP contribution in [0, 0.1) is 0 Å². The maximum absolute atomic E-state index is 11.7. The Morgan fingerprint density at radius 2 is 2.16 bits per heavy atom. The molecule has 100 valence electrons. The Labute approximate surface area is 125 Å². The van der Waals surface area contributed by atoms with Gasteiger partial charge in [-0.05, 0) is 35.6 Å². The molecule has 2 nitrogen and oxygen atoms in total. The lowest BCUT2D eigenvalue weighted by atomic mass is 10.2. The lowest BCUT2D eigenvalue weighted by Crippen LogP contribution is -2.01. The first-order chi connectivity index (χ1) is 9.25. The second-order valence-electron chi connectivity index (χ2n) is 4.19. The number of ketones is 1. The topological polar surface area (TPSA) is 26.3 Å². The zero-order valence-electron chi connectivity index (χ0n) is 10.5. The Bertz CT molecular complexity index is 523. The van der Waals surface area contributed by atoms with Crippen LogP contribution in [0.3, 0.4) is 0 Å². The minimum absolute atomic E-state index is 0.209. The van der Waals surface area contributed by atoms with E-state index in [1.54, 1.807) is 0 Å². The maximum Gasteiger partial charge on any atom is 0.172 e. The molecule has 4 heteroatoms. The molecule has 0 bridgehead atoms. The summed E-state index contributed by atoms with van der Waals surface area (Å²) in [6.45, 7) is 1.20. The molecule has 0 amide bonds. The van der Waals surface area contributed by atoms with Gasteiger partial charge in [0.05, 0.1) is 11.5 Å². The molecule has 0 saturated heterocycles. The summed E-state index contributed by atoms with van der Waals surface area (Å²) in [6, 6.07) is 11.8. The highest BCUT2D eigenvalue weighted by molar-refractivity contribution is 9.10. The van der Waals surface area contributed by atoms with Crippen molar-refractivity contribution in [2.24, 2.45) is 0 Å². The molecule has 0 saturated carbocycles. The number of carbonyl (C=O) groups excluding carboxylic acids is 1. The van der Waals surface area contributed by atoms with Crippen LogP contribution in [0.25, 0.3) is 0 Å². The van der Waals surface area contributed by atoms with Crippen molar-refractivity contribution in [1.29, 1.82) is 0 Å². The molecular weight excluding hydrogens is 324 g/mol. The van der Waals surface area contributed by atoms with Crippen LogP contribution in [0.5, 0.6) is 0 Å². The maximum atomic E-state index is 11.7. The Morgan fingerprint density at radius 3 is 2.89 bits per heavy atom. The monoisotopic (exact) mass is 338 g/mol. The Kier molecular flexibility index (Phi) is 5.76. The first-order valence-corrected chi connectivity index (χ1v) is 7.82. The summed E-state index contributed by atoms with van der Waals surface area (Å²) in [5, 5.41) is 1.93. The fourth-order valence-electron chi connectivity index (χ4n) is 1.71. The van der Waals surface area contributed by atoms with E-state index in [9.17, 15) is 4.79 Å². The zero-order valence-corrected chi connectivity index (χ0v) is 12.9. The second-order valence-corrected chi connectivity index (χ2v) is 6.05. The summed E-state index contributed by atoms with van der Waals surface area (Å²) in [4.78, 5) is 12.6. The highest BCUT2D eigenvalue weighted by Gasteiger charge is 2.05. The molecule has 0 radical (unpaired) electrons. The number of benzene rings is 1. The van der Waals surface area contributed by atoms with E-state index >= 15 is 0 Å². The summed E-state index contributed by atoms with van der Waals surface area (Å²) in [5.41, 5.74) is 1.14. The molecule has 0 atom stereocenters. The van der Waals surface area contributed by atoms with E-state index in [-0.39, 0.29) is 5.78 Å². The lowest BCUT2D eigenvalue weighted by molar-refractivity contribution is 0.0922. The third kappa shape index (κ3) is 4.90. The minimum Gasteiger partial charge on any atom is -0.377 e. The number of carbonyl (C=O) groups is 1. The van der Waals surface area contributed by atoms with E-state index in [1.165, 1.54) is 11.3 Å². The molecule has 0 fully saturated rings. The van der Waals surface area contributed by atoms with Gasteiger partial charge < -0.3 is 4.74 Å². The van der Waals surface area contributed by atoms with E-state index in [4.69, 9.17) is 4.74 Å². The van der Waals surface area contributed by atoms with Crippen molar-refractivity contribution in [3.63, 3.8) is 0 Å². The van der Waals surface area contributed by atoms with Crippen LogP contribution in [0.15, 0.2) is 46.3 Å². The molecule has 0 aliphatic heterocycles. The quantitative estimate of drug-likeness (QED) is 0.540. The number of rotatable bonds is 7. The molecule has 2 rings (SSSR count). The molecule has 1 aromatic carbocycles. The van der Waals surface area contributed by atoms with Gasteiger partial charge in [0.2, 0.25) is 0 Å². The Balaban J connectivity index is 1.64. The van der Waals surface area contributed by atoms with Crippen LogP contribution < -0.4 is 0 Å². The number of halogens is 1. The Morgan fingerprint density at radius 1 is 1.26 bits per heavy atom. The van der Waals surface area contributed by atoms with E-state index < -0.39 is 0 Å². The number of ether oxygens (including phenoxy) is 1. The standard InChI is InChI=1S/C15H15BrO2S/c16-13-5-1-4-12(10-13)11-18-8-2-6-14(17)15-7-3-9-19-15/h1,3-5,7,9-10H,2,6,8,11H2. The van der Waals surface area contributed by atoms with Gasteiger partial charge in [0, 0.05) is 17.5 Å². The first kappa shape index (κ1) is 14.4. The highest BCUT2D eigenvalue weighted by Crippen LogP contribution is 2.14. The summed E-state index contributed by atoms with van der Waals surface area (Å²) in [6.07, 6.45) is 1.32. The second kappa shape index (κ2) is 7.58. The van der Waals surface area contributed by atoms with Gasteiger partial charge in [-0.25, -0.2) is 0 Å². The van der Waals surface area contributed by atoms with Gasteiger partial charge in [-0.15, -0.1) is 11.3 Å². The van der Waals surface area contributed by atoms with Crippen molar-refractivity contribution >= 4 is 33.0 Å². The Hall–Kier alpha value is -0.970. The van der Waals surface area contributed by atoms with Crippen molar-refractivity contribution in [3.8, 4) is 0 Å². The largest absolute Gasteiger partial charge is 0.377 e. The predicted octanol–water partition coefficient (Wildman–Crippen LogP) is 4.69. The molecule has 1 aromatic heterocycles. The van der Waals surface area contributed by atoms with Crippen LogP contribution in [0.4, 0.5) is 0 Å². The van der Waals surface area contributed by atoms with Gasteiger partial charge in [-0.1, -0.05) is 34.1 Å². The van der Waals surface area contributed by atoms with E-state index in [0.717, 1.165) is 21.3 Å². The summed E-state index contributed by atoms with van der Waals surface area (Å²) in [7, 11) is 0. The van der Waals surface area contributed by atoms with E-state index in [0.29, 0.717) is 19.6 Å². The molecule has 19 heavy (non-hydrogen) atoms. The average molecular weight is 339 g/mol. The van der Waals surface area contributed by atoms with Crippen molar-refractivity contribution in [3.05, 3.63) is 56.7 Å². The highest BCUT2D eigenvalue weighted by atomic mass is 79.9. The third-order valence-corrected chi connectivity index (χ3v) is 4.05. The number of Topliss-reactive ketones (excluding diaryl/α,β-unsaturated/α-hetero) is 1.